The third-order valence-corrected chi connectivity index (χ3v) is 6.31. The summed E-state index contributed by atoms with van der Waals surface area (Å²) in [6.45, 7) is 8.06. The van der Waals surface area contributed by atoms with Crippen molar-refractivity contribution in [2.75, 3.05) is 42.5 Å². The molecule has 1 saturated heterocycles. The van der Waals surface area contributed by atoms with E-state index in [0.29, 0.717) is 18.5 Å². The normalized spacial score (nSPS) is 13.5. The number of halogens is 2. The van der Waals surface area contributed by atoms with Gasteiger partial charge in [-0.3, -0.25) is 0 Å². The van der Waals surface area contributed by atoms with Crippen molar-refractivity contribution in [3.8, 4) is 6.07 Å². The molecule has 0 aliphatic carbocycles. The molecule has 1 aliphatic heterocycles. The highest BCUT2D eigenvalue weighted by molar-refractivity contribution is 7.18. The van der Waals surface area contributed by atoms with Gasteiger partial charge in [-0.25, -0.2) is 15.0 Å². The minimum atomic E-state index is 0. The lowest BCUT2D eigenvalue weighted by Crippen LogP contribution is -2.47. The molecule has 3 aromatic rings. The maximum absolute atomic E-state index is 9.36. The van der Waals surface area contributed by atoms with Gasteiger partial charge in [0.25, 0.3) is 0 Å². The van der Waals surface area contributed by atoms with Crippen molar-refractivity contribution < 1.29 is 0 Å². The van der Waals surface area contributed by atoms with Gasteiger partial charge in [-0.15, -0.1) is 36.2 Å². The molecular weight excluding hydrogens is 441 g/mol. The summed E-state index contributed by atoms with van der Waals surface area (Å²) in [5.74, 6) is 2.59. The van der Waals surface area contributed by atoms with Crippen LogP contribution in [-0.2, 0) is 6.42 Å². The van der Waals surface area contributed by atoms with Crippen LogP contribution >= 0.6 is 36.2 Å². The number of pyridine rings is 1. The molecule has 10 heteroatoms. The number of hydrogen-bond donors (Lipinski definition) is 1. The first-order valence-corrected chi connectivity index (χ1v) is 10.3. The van der Waals surface area contributed by atoms with Crippen molar-refractivity contribution in [2.24, 2.45) is 5.73 Å². The zero-order valence-electron chi connectivity index (χ0n) is 17.0. The Balaban J connectivity index is 0.00000160. The molecule has 0 radical (unpaired) electrons. The van der Waals surface area contributed by atoms with Gasteiger partial charge in [0, 0.05) is 43.7 Å². The molecule has 0 saturated carbocycles. The summed E-state index contributed by atoms with van der Waals surface area (Å²) in [5, 5.41) is 10.5. The molecule has 30 heavy (non-hydrogen) atoms. The van der Waals surface area contributed by atoms with Crippen molar-refractivity contribution in [1.82, 2.24) is 15.0 Å². The van der Waals surface area contributed by atoms with Gasteiger partial charge in [-0.1, -0.05) is 0 Å². The first-order valence-electron chi connectivity index (χ1n) is 9.44. The van der Waals surface area contributed by atoms with Crippen LogP contribution in [0.1, 0.15) is 21.8 Å². The Morgan fingerprint density at radius 1 is 1.10 bits per heavy atom. The molecule has 0 aromatic carbocycles. The van der Waals surface area contributed by atoms with Crippen LogP contribution in [0.5, 0.6) is 0 Å². The number of fused-ring (bicyclic) bond motifs is 1. The molecular formula is C20H25Cl2N7S. The highest BCUT2D eigenvalue weighted by Gasteiger charge is 2.24. The monoisotopic (exact) mass is 465 g/mol. The lowest BCUT2D eigenvalue weighted by Gasteiger charge is -2.36. The summed E-state index contributed by atoms with van der Waals surface area (Å²) in [6, 6.07) is 5.86. The summed E-state index contributed by atoms with van der Waals surface area (Å²) in [6.07, 6.45) is 2.42. The summed E-state index contributed by atoms with van der Waals surface area (Å²) in [7, 11) is 0. The smallest absolute Gasteiger partial charge is 0.146 e. The number of piperazine rings is 1. The van der Waals surface area contributed by atoms with E-state index in [2.05, 4.69) is 34.7 Å². The molecule has 4 heterocycles. The molecule has 0 atom stereocenters. The van der Waals surface area contributed by atoms with E-state index in [1.807, 2.05) is 6.07 Å². The highest BCUT2D eigenvalue weighted by Crippen LogP contribution is 2.35. The van der Waals surface area contributed by atoms with Crippen LogP contribution in [0.25, 0.3) is 10.2 Å². The molecule has 1 aliphatic rings. The Kier molecular flexibility index (Phi) is 8.21. The quantitative estimate of drug-likeness (QED) is 0.631. The molecule has 1 fully saturated rings. The van der Waals surface area contributed by atoms with Crippen LogP contribution < -0.4 is 15.5 Å². The van der Waals surface area contributed by atoms with Crippen LogP contribution in [0.3, 0.4) is 0 Å². The Bertz CT molecular complexity index is 1060. The molecule has 2 N–H and O–H groups in total. The van der Waals surface area contributed by atoms with E-state index in [1.165, 1.54) is 10.4 Å². The maximum atomic E-state index is 9.36. The number of nitrogens with two attached hydrogens (primary N) is 1. The average molecular weight is 466 g/mol. The van der Waals surface area contributed by atoms with E-state index in [-0.39, 0.29) is 24.8 Å². The second-order valence-electron chi connectivity index (χ2n) is 6.93. The number of anilines is 2. The van der Waals surface area contributed by atoms with Gasteiger partial charge in [0.15, 0.2) is 0 Å². The van der Waals surface area contributed by atoms with Crippen LogP contribution in [-0.4, -0.2) is 47.7 Å². The van der Waals surface area contributed by atoms with Gasteiger partial charge >= 0.3 is 0 Å². The highest BCUT2D eigenvalue weighted by atomic mass is 35.5. The molecule has 0 unspecified atom stereocenters. The van der Waals surface area contributed by atoms with E-state index in [0.717, 1.165) is 53.9 Å². The number of rotatable bonds is 4. The number of thiophene rings is 1. The van der Waals surface area contributed by atoms with Crippen LogP contribution in [0.2, 0.25) is 0 Å². The van der Waals surface area contributed by atoms with Gasteiger partial charge in [-0.05, 0) is 38.1 Å². The van der Waals surface area contributed by atoms with Crippen LogP contribution in [0, 0.1) is 25.2 Å². The Labute approximate surface area is 192 Å². The first kappa shape index (κ1) is 24.1. The SMILES string of the molecule is Cc1sc2nc(CCN)nc(N3CCN(c4ncccc4C#N)CC3)c2c1C.Cl.Cl. The standard InChI is InChI=1S/C20H23N7S.2ClH/c1-13-14(2)28-20-17(13)19(24-16(25-20)5-6-21)27-10-8-26(9-11-27)18-15(12-22)4-3-7-23-18;;/h3-4,7H,5-6,8-11,21H2,1-2H3;2*1H. The second kappa shape index (κ2) is 10.2. The van der Waals surface area contributed by atoms with E-state index in [9.17, 15) is 5.26 Å². The van der Waals surface area contributed by atoms with Crippen molar-refractivity contribution >= 4 is 58.0 Å². The average Bonchev–Trinajstić information content (AvgIpc) is 3.01. The van der Waals surface area contributed by atoms with Crippen LogP contribution in [0.4, 0.5) is 11.6 Å². The predicted molar refractivity (Wildman–Crippen MR) is 128 cm³/mol. The molecule has 7 nitrogen and oxygen atoms in total. The zero-order chi connectivity index (χ0) is 19.7. The molecule has 3 aromatic heterocycles. The van der Waals surface area contributed by atoms with E-state index in [4.69, 9.17) is 15.7 Å². The van der Waals surface area contributed by atoms with Gasteiger partial charge in [0.1, 0.15) is 28.4 Å². The predicted octanol–water partition coefficient (Wildman–Crippen LogP) is 3.25. The third-order valence-electron chi connectivity index (χ3n) is 5.21. The number of hydrogen-bond acceptors (Lipinski definition) is 8. The fourth-order valence-electron chi connectivity index (χ4n) is 3.61. The molecule has 0 bridgehead atoms. The van der Waals surface area contributed by atoms with Crippen molar-refractivity contribution in [3.63, 3.8) is 0 Å². The number of aromatic nitrogens is 3. The summed E-state index contributed by atoms with van der Waals surface area (Å²) in [4.78, 5) is 20.9. The summed E-state index contributed by atoms with van der Waals surface area (Å²) >= 11 is 1.72. The number of nitrogens with zero attached hydrogens (tertiary/aromatic N) is 6. The van der Waals surface area contributed by atoms with E-state index < -0.39 is 0 Å². The fraction of sp³-hybridized carbons (Fsp3) is 0.400. The third kappa shape index (κ3) is 4.44. The first-order chi connectivity index (χ1) is 13.6. The zero-order valence-corrected chi connectivity index (χ0v) is 19.4. The summed E-state index contributed by atoms with van der Waals surface area (Å²) < 4.78 is 0. The number of nitriles is 1. The topological polar surface area (TPSA) is 95.0 Å². The van der Waals surface area contributed by atoms with Crippen LogP contribution in [0.15, 0.2) is 18.3 Å². The number of aryl methyl sites for hydroxylation is 2. The minimum Gasteiger partial charge on any atom is -0.352 e. The lowest BCUT2D eigenvalue weighted by molar-refractivity contribution is 0.640. The van der Waals surface area contributed by atoms with Gasteiger partial charge in [-0.2, -0.15) is 5.26 Å². The molecule has 0 amide bonds. The van der Waals surface area contributed by atoms with Crippen molar-refractivity contribution in [2.45, 2.75) is 20.3 Å². The second-order valence-corrected chi connectivity index (χ2v) is 8.13. The van der Waals surface area contributed by atoms with E-state index >= 15 is 0 Å². The van der Waals surface area contributed by atoms with Crippen molar-refractivity contribution in [1.29, 1.82) is 5.26 Å². The maximum Gasteiger partial charge on any atom is 0.146 e. The van der Waals surface area contributed by atoms with Gasteiger partial charge in [0.2, 0.25) is 0 Å². The molecule has 0 spiro atoms. The molecule has 160 valence electrons. The lowest BCUT2D eigenvalue weighted by atomic mass is 10.1. The largest absolute Gasteiger partial charge is 0.352 e. The Hall–Kier alpha value is -2.18. The minimum absolute atomic E-state index is 0. The van der Waals surface area contributed by atoms with Gasteiger partial charge < -0.3 is 15.5 Å². The van der Waals surface area contributed by atoms with Gasteiger partial charge in [0.05, 0.1) is 10.9 Å². The van der Waals surface area contributed by atoms with E-state index in [1.54, 1.807) is 23.6 Å². The summed E-state index contributed by atoms with van der Waals surface area (Å²) in [5.41, 5.74) is 7.63. The van der Waals surface area contributed by atoms with Crippen molar-refractivity contribution in [3.05, 3.63) is 40.2 Å². The Morgan fingerprint density at radius 3 is 2.40 bits per heavy atom. The fourth-order valence-corrected chi connectivity index (χ4v) is 4.65. The Morgan fingerprint density at radius 2 is 1.77 bits per heavy atom. The molecule has 4 rings (SSSR count).